The van der Waals surface area contributed by atoms with E-state index < -0.39 is 0 Å². The second-order valence-electron chi connectivity index (χ2n) is 3.70. The van der Waals surface area contributed by atoms with Gasteiger partial charge in [0.2, 0.25) is 0 Å². The summed E-state index contributed by atoms with van der Waals surface area (Å²) in [5, 5.41) is 0.633. The van der Waals surface area contributed by atoms with Gasteiger partial charge in [0, 0.05) is 17.0 Å². The number of ketones is 1. The first-order valence-corrected chi connectivity index (χ1v) is 5.61. The third-order valence-electron chi connectivity index (χ3n) is 2.46. The molecule has 1 aliphatic heterocycles. The van der Waals surface area contributed by atoms with Crippen LogP contribution >= 0.6 is 11.6 Å². The van der Waals surface area contributed by atoms with Crippen molar-refractivity contribution in [2.75, 3.05) is 19.8 Å². The van der Waals surface area contributed by atoms with Crippen molar-refractivity contribution in [1.29, 1.82) is 0 Å². The van der Waals surface area contributed by atoms with Crippen LogP contribution in [0.2, 0.25) is 5.02 Å². The zero-order chi connectivity index (χ0) is 11.4. The van der Waals surface area contributed by atoms with E-state index in [0.29, 0.717) is 36.8 Å². The summed E-state index contributed by atoms with van der Waals surface area (Å²) in [7, 11) is 0. The third kappa shape index (κ3) is 3.04. The molecule has 1 heterocycles. The predicted octanol–water partition coefficient (Wildman–Crippen LogP) is 2.33. The van der Waals surface area contributed by atoms with E-state index >= 15 is 0 Å². The van der Waals surface area contributed by atoms with Gasteiger partial charge in [-0.25, -0.2) is 0 Å². The molecule has 0 bridgehead atoms. The molecule has 3 nitrogen and oxygen atoms in total. The van der Waals surface area contributed by atoms with Gasteiger partial charge >= 0.3 is 0 Å². The molecule has 16 heavy (non-hydrogen) atoms. The van der Waals surface area contributed by atoms with Crippen LogP contribution in [-0.4, -0.2) is 31.7 Å². The predicted molar refractivity (Wildman–Crippen MR) is 61.0 cm³/mol. The van der Waals surface area contributed by atoms with E-state index in [4.69, 9.17) is 21.1 Å². The topological polar surface area (TPSA) is 35.5 Å². The normalized spacial score (nSPS) is 20.7. The highest BCUT2D eigenvalue weighted by Crippen LogP contribution is 2.14. The fourth-order valence-corrected chi connectivity index (χ4v) is 1.74. The van der Waals surface area contributed by atoms with Crippen LogP contribution in [-0.2, 0) is 9.47 Å². The molecule has 1 saturated heterocycles. The highest BCUT2D eigenvalue weighted by atomic mass is 35.5. The molecule has 1 aliphatic rings. The van der Waals surface area contributed by atoms with E-state index in [9.17, 15) is 4.79 Å². The Morgan fingerprint density at radius 1 is 1.31 bits per heavy atom. The molecule has 0 radical (unpaired) electrons. The average Bonchev–Trinajstić information content (AvgIpc) is 2.31. The first-order valence-electron chi connectivity index (χ1n) is 5.24. The molecular weight excluding hydrogens is 228 g/mol. The van der Waals surface area contributed by atoms with Gasteiger partial charge in [0.25, 0.3) is 0 Å². The molecule has 4 heteroatoms. The number of carbonyl (C=O) groups excluding carboxylic acids is 1. The van der Waals surface area contributed by atoms with Gasteiger partial charge in [0.1, 0.15) is 0 Å². The molecule has 1 unspecified atom stereocenters. The Labute approximate surface area is 99.3 Å². The Bertz CT molecular complexity index is 355. The summed E-state index contributed by atoms with van der Waals surface area (Å²) in [5.74, 6) is 0.0622. The van der Waals surface area contributed by atoms with Crippen LogP contribution in [0.25, 0.3) is 0 Å². The second-order valence-corrected chi connectivity index (χ2v) is 4.14. The van der Waals surface area contributed by atoms with E-state index in [1.807, 2.05) is 0 Å². The minimum absolute atomic E-state index is 0.0622. The molecule has 0 N–H and O–H groups in total. The molecule has 1 aromatic carbocycles. The second kappa shape index (κ2) is 5.43. The number of Topliss-reactive ketones (excluding diaryl/α,β-unsaturated/α-hetero) is 1. The molecule has 1 aromatic rings. The highest BCUT2D eigenvalue weighted by Gasteiger charge is 2.18. The minimum atomic E-state index is -0.114. The molecule has 2 rings (SSSR count). The largest absolute Gasteiger partial charge is 0.376 e. The summed E-state index contributed by atoms with van der Waals surface area (Å²) in [5.41, 5.74) is 0.665. The number of halogens is 1. The van der Waals surface area contributed by atoms with Crippen LogP contribution in [0.3, 0.4) is 0 Å². The van der Waals surface area contributed by atoms with Crippen molar-refractivity contribution in [2.24, 2.45) is 0 Å². The molecule has 0 aromatic heterocycles. The van der Waals surface area contributed by atoms with Gasteiger partial charge in [0.05, 0.1) is 25.9 Å². The summed E-state index contributed by atoms with van der Waals surface area (Å²) < 4.78 is 10.7. The Morgan fingerprint density at radius 3 is 2.69 bits per heavy atom. The first kappa shape index (κ1) is 11.6. The monoisotopic (exact) mass is 240 g/mol. The van der Waals surface area contributed by atoms with Crippen LogP contribution < -0.4 is 0 Å². The maximum Gasteiger partial charge on any atom is 0.165 e. The molecule has 86 valence electrons. The van der Waals surface area contributed by atoms with E-state index in [1.54, 1.807) is 24.3 Å². The summed E-state index contributed by atoms with van der Waals surface area (Å²) in [6, 6.07) is 6.89. The van der Waals surface area contributed by atoms with Crippen molar-refractivity contribution < 1.29 is 14.3 Å². The standard InChI is InChI=1S/C12H13ClO3/c13-10-3-1-9(2-4-10)12(14)7-11-8-15-5-6-16-11/h1-4,11H,5-8H2. The Balaban J connectivity index is 1.94. The Hall–Kier alpha value is -0.900. The fourth-order valence-electron chi connectivity index (χ4n) is 1.61. The van der Waals surface area contributed by atoms with Crippen molar-refractivity contribution in [3.63, 3.8) is 0 Å². The molecule has 0 saturated carbocycles. The molecule has 0 aliphatic carbocycles. The van der Waals surface area contributed by atoms with Gasteiger partial charge in [-0.1, -0.05) is 11.6 Å². The first-order chi connectivity index (χ1) is 7.75. The van der Waals surface area contributed by atoms with E-state index in [0.717, 1.165) is 0 Å². The maximum atomic E-state index is 11.8. The van der Waals surface area contributed by atoms with Crippen molar-refractivity contribution in [2.45, 2.75) is 12.5 Å². The number of rotatable bonds is 3. The van der Waals surface area contributed by atoms with Crippen molar-refractivity contribution in [3.05, 3.63) is 34.9 Å². The molecular formula is C12H13ClO3. The summed E-state index contributed by atoms with van der Waals surface area (Å²) in [4.78, 5) is 11.8. The smallest absolute Gasteiger partial charge is 0.165 e. The van der Waals surface area contributed by atoms with Crippen molar-refractivity contribution >= 4 is 17.4 Å². The lowest BCUT2D eigenvalue weighted by Crippen LogP contribution is -2.30. The van der Waals surface area contributed by atoms with Crippen molar-refractivity contribution in [1.82, 2.24) is 0 Å². The average molecular weight is 241 g/mol. The number of carbonyl (C=O) groups is 1. The summed E-state index contributed by atoms with van der Waals surface area (Å²) in [6.45, 7) is 1.68. The van der Waals surface area contributed by atoms with E-state index in [2.05, 4.69) is 0 Å². The zero-order valence-electron chi connectivity index (χ0n) is 8.82. The molecule has 1 fully saturated rings. The number of hydrogen-bond donors (Lipinski definition) is 0. The Kier molecular flexibility index (Phi) is 3.93. The van der Waals surface area contributed by atoms with Crippen LogP contribution in [0.5, 0.6) is 0 Å². The van der Waals surface area contributed by atoms with Gasteiger partial charge in [0.15, 0.2) is 5.78 Å². The van der Waals surface area contributed by atoms with Gasteiger partial charge in [-0.2, -0.15) is 0 Å². The quantitative estimate of drug-likeness (QED) is 0.761. The van der Waals surface area contributed by atoms with Crippen LogP contribution in [0.1, 0.15) is 16.8 Å². The SMILES string of the molecule is O=C(CC1COCCO1)c1ccc(Cl)cc1. The molecule has 0 amide bonds. The third-order valence-corrected chi connectivity index (χ3v) is 2.72. The molecule has 1 atom stereocenters. The van der Waals surface area contributed by atoms with Crippen LogP contribution in [0.4, 0.5) is 0 Å². The zero-order valence-corrected chi connectivity index (χ0v) is 9.57. The number of benzene rings is 1. The van der Waals surface area contributed by atoms with Crippen LogP contribution in [0, 0.1) is 0 Å². The highest BCUT2D eigenvalue weighted by molar-refractivity contribution is 6.30. The fraction of sp³-hybridized carbons (Fsp3) is 0.417. The Morgan fingerprint density at radius 2 is 2.06 bits per heavy atom. The van der Waals surface area contributed by atoms with E-state index in [1.165, 1.54) is 0 Å². The van der Waals surface area contributed by atoms with Gasteiger partial charge in [-0.05, 0) is 24.3 Å². The minimum Gasteiger partial charge on any atom is -0.376 e. The number of hydrogen-bond acceptors (Lipinski definition) is 3. The van der Waals surface area contributed by atoms with Gasteiger partial charge in [-0.3, -0.25) is 4.79 Å². The lowest BCUT2D eigenvalue weighted by atomic mass is 10.1. The molecule has 0 spiro atoms. The lowest BCUT2D eigenvalue weighted by Gasteiger charge is -2.22. The van der Waals surface area contributed by atoms with Crippen molar-refractivity contribution in [3.8, 4) is 0 Å². The number of ether oxygens (including phenoxy) is 2. The van der Waals surface area contributed by atoms with Gasteiger partial charge in [-0.15, -0.1) is 0 Å². The lowest BCUT2D eigenvalue weighted by molar-refractivity contribution is -0.0868. The maximum absolute atomic E-state index is 11.8. The van der Waals surface area contributed by atoms with E-state index in [-0.39, 0.29) is 11.9 Å². The van der Waals surface area contributed by atoms with Gasteiger partial charge < -0.3 is 9.47 Å². The summed E-state index contributed by atoms with van der Waals surface area (Å²) >= 11 is 5.75. The van der Waals surface area contributed by atoms with Crippen LogP contribution in [0.15, 0.2) is 24.3 Å². The summed E-state index contributed by atoms with van der Waals surface area (Å²) in [6.07, 6.45) is 0.249.